The van der Waals surface area contributed by atoms with Crippen molar-refractivity contribution in [1.82, 2.24) is 20.6 Å². The summed E-state index contributed by atoms with van der Waals surface area (Å²) in [6, 6.07) is 7.16. The Morgan fingerprint density at radius 1 is 1.00 bits per heavy atom. The zero-order valence-corrected chi connectivity index (χ0v) is 21.4. The van der Waals surface area contributed by atoms with Crippen LogP contribution in [0.2, 0.25) is 0 Å². The van der Waals surface area contributed by atoms with Crippen LogP contribution in [0.5, 0.6) is 0 Å². The fraction of sp³-hybridized carbons (Fsp3) is 0.607. The molecule has 2 fully saturated rings. The molecule has 2 saturated carbocycles. The van der Waals surface area contributed by atoms with Crippen LogP contribution in [0.4, 0.5) is 0 Å². The summed E-state index contributed by atoms with van der Waals surface area (Å²) < 4.78 is 0. The van der Waals surface area contributed by atoms with E-state index in [1.54, 1.807) is 6.20 Å². The Labute approximate surface area is 218 Å². The minimum Gasteiger partial charge on any atom is -0.390 e. The molecule has 0 aliphatic heterocycles. The summed E-state index contributed by atoms with van der Waals surface area (Å²) >= 11 is 0. The highest BCUT2D eigenvalue weighted by atomic mass is 16.3. The van der Waals surface area contributed by atoms with Gasteiger partial charge in [-0.05, 0) is 43.1 Å². The predicted molar refractivity (Wildman–Crippen MR) is 140 cm³/mol. The number of carbonyl (C=O) groups excluding carboxylic acids is 2. The van der Waals surface area contributed by atoms with Crippen molar-refractivity contribution in [1.29, 1.82) is 0 Å². The molecule has 37 heavy (non-hydrogen) atoms. The van der Waals surface area contributed by atoms with Gasteiger partial charge in [0.25, 0.3) is 0 Å². The standard InChI is InChI=1S/C28H41N5O4/c29-22(13-18-7-3-1-4-8-18)27(36)33-24(15-21-16-30-17-31-21)28(37)32-23(14-19-9-5-2-6-10-19)26(35)25(34)20-11-12-20/h1,3-4,7-8,16-17,19-20,22-26,34-35H,2,5-6,9-15,29H2,(H,30,31)(H,32,37)(H,33,36)/t22-,23+,24?,25+,26+/m1/s1. The summed E-state index contributed by atoms with van der Waals surface area (Å²) in [6.07, 6.45) is 9.79. The summed E-state index contributed by atoms with van der Waals surface area (Å²) in [6.45, 7) is 0. The van der Waals surface area contributed by atoms with E-state index < -0.39 is 42.1 Å². The first kappa shape index (κ1) is 27.3. The Morgan fingerprint density at radius 2 is 1.73 bits per heavy atom. The highest BCUT2D eigenvalue weighted by Gasteiger charge is 2.40. The minimum atomic E-state index is -1.06. The van der Waals surface area contributed by atoms with Crippen LogP contribution in [0.25, 0.3) is 0 Å². The molecule has 1 aromatic carbocycles. The normalized spacial score (nSPS) is 20.4. The lowest BCUT2D eigenvalue weighted by molar-refractivity contribution is -0.131. The summed E-state index contributed by atoms with van der Waals surface area (Å²) in [7, 11) is 0. The molecule has 4 rings (SSSR count). The van der Waals surface area contributed by atoms with E-state index in [2.05, 4.69) is 20.6 Å². The van der Waals surface area contributed by atoms with Gasteiger partial charge < -0.3 is 31.6 Å². The van der Waals surface area contributed by atoms with E-state index in [4.69, 9.17) is 5.73 Å². The van der Waals surface area contributed by atoms with Crippen molar-refractivity contribution in [2.24, 2.45) is 17.6 Å². The molecule has 0 radical (unpaired) electrons. The van der Waals surface area contributed by atoms with Gasteiger partial charge in [-0.15, -0.1) is 0 Å². The van der Waals surface area contributed by atoms with Crippen LogP contribution >= 0.6 is 0 Å². The average molecular weight is 512 g/mol. The molecule has 2 aliphatic rings. The third kappa shape index (κ3) is 8.12. The molecule has 9 heteroatoms. The smallest absolute Gasteiger partial charge is 0.243 e. The Balaban J connectivity index is 1.45. The fourth-order valence-corrected chi connectivity index (χ4v) is 5.36. The van der Waals surface area contributed by atoms with Gasteiger partial charge in [0.05, 0.1) is 30.2 Å². The van der Waals surface area contributed by atoms with Gasteiger partial charge in [-0.25, -0.2) is 4.98 Å². The zero-order valence-electron chi connectivity index (χ0n) is 21.4. The topological polar surface area (TPSA) is 153 Å². The SMILES string of the molecule is N[C@H](Cc1ccccc1)C(=O)NC(Cc1c[nH]cn1)C(=O)N[C@@H](CC1CCCCC1)[C@H](O)[C@@H](O)C1CC1. The van der Waals surface area contributed by atoms with Gasteiger partial charge in [0.1, 0.15) is 12.1 Å². The fourth-order valence-electron chi connectivity index (χ4n) is 5.36. The highest BCUT2D eigenvalue weighted by Crippen LogP contribution is 2.36. The van der Waals surface area contributed by atoms with E-state index in [9.17, 15) is 19.8 Å². The van der Waals surface area contributed by atoms with Gasteiger partial charge in [-0.2, -0.15) is 0 Å². The quantitative estimate of drug-likeness (QED) is 0.240. The molecular weight excluding hydrogens is 470 g/mol. The van der Waals surface area contributed by atoms with Gasteiger partial charge in [0.2, 0.25) is 11.8 Å². The van der Waals surface area contributed by atoms with Crippen molar-refractivity contribution in [2.75, 3.05) is 0 Å². The number of benzene rings is 1. The second kappa shape index (κ2) is 13.2. The zero-order chi connectivity index (χ0) is 26.2. The number of carbonyl (C=O) groups is 2. The summed E-state index contributed by atoms with van der Waals surface area (Å²) in [5.74, 6) is -0.372. The van der Waals surface area contributed by atoms with Gasteiger partial charge in [0.15, 0.2) is 0 Å². The lowest BCUT2D eigenvalue weighted by Crippen LogP contribution is -2.57. The number of rotatable bonds is 13. The van der Waals surface area contributed by atoms with Crippen LogP contribution in [-0.4, -0.2) is 62.3 Å². The maximum atomic E-state index is 13.6. The number of nitrogens with one attached hydrogen (secondary N) is 3. The molecule has 7 N–H and O–H groups in total. The number of H-pyrrole nitrogens is 1. The summed E-state index contributed by atoms with van der Waals surface area (Å²) in [5.41, 5.74) is 7.74. The monoisotopic (exact) mass is 511 g/mol. The average Bonchev–Trinajstić information content (AvgIpc) is 3.64. The first-order valence-corrected chi connectivity index (χ1v) is 13.6. The number of nitrogens with two attached hydrogens (primary N) is 1. The van der Waals surface area contributed by atoms with Gasteiger partial charge in [-0.1, -0.05) is 62.4 Å². The van der Waals surface area contributed by atoms with Crippen LogP contribution in [0, 0.1) is 11.8 Å². The van der Waals surface area contributed by atoms with Crippen molar-refractivity contribution in [3.05, 3.63) is 54.1 Å². The third-order valence-electron chi connectivity index (χ3n) is 7.74. The molecule has 0 saturated heterocycles. The maximum Gasteiger partial charge on any atom is 0.243 e. The molecule has 1 unspecified atom stereocenters. The number of amides is 2. The molecule has 2 amide bonds. The summed E-state index contributed by atoms with van der Waals surface area (Å²) in [4.78, 5) is 33.6. The number of aliphatic hydroxyl groups is 2. The lowest BCUT2D eigenvalue weighted by atomic mass is 9.82. The number of hydrogen-bond donors (Lipinski definition) is 6. The van der Waals surface area contributed by atoms with Gasteiger partial charge in [-0.3, -0.25) is 9.59 Å². The minimum absolute atomic E-state index is 0.0799. The number of hydrogen-bond acceptors (Lipinski definition) is 6. The van der Waals surface area contributed by atoms with Crippen LogP contribution in [-0.2, 0) is 22.4 Å². The number of nitrogens with zero attached hydrogens (tertiary/aromatic N) is 1. The Morgan fingerprint density at radius 3 is 2.38 bits per heavy atom. The molecule has 1 heterocycles. The second-order valence-electron chi connectivity index (χ2n) is 10.8. The van der Waals surface area contributed by atoms with Gasteiger partial charge >= 0.3 is 0 Å². The van der Waals surface area contributed by atoms with Crippen LogP contribution < -0.4 is 16.4 Å². The molecule has 5 atom stereocenters. The highest BCUT2D eigenvalue weighted by molar-refractivity contribution is 5.90. The van der Waals surface area contributed by atoms with E-state index in [0.717, 1.165) is 44.1 Å². The first-order valence-electron chi connectivity index (χ1n) is 13.6. The Bertz CT molecular complexity index is 976. The number of imidazole rings is 1. The Hall–Kier alpha value is -2.75. The van der Waals surface area contributed by atoms with Crippen molar-refractivity contribution >= 4 is 11.8 Å². The number of aromatic nitrogens is 2. The molecule has 0 bridgehead atoms. The summed E-state index contributed by atoms with van der Waals surface area (Å²) in [5, 5.41) is 27.5. The van der Waals surface area contributed by atoms with Crippen LogP contribution in [0.1, 0.15) is 62.6 Å². The largest absolute Gasteiger partial charge is 0.390 e. The van der Waals surface area contributed by atoms with E-state index in [1.807, 2.05) is 30.3 Å². The molecule has 9 nitrogen and oxygen atoms in total. The second-order valence-corrected chi connectivity index (χ2v) is 10.8. The Kier molecular flexibility index (Phi) is 9.71. The molecule has 1 aromatic heterocycles. The van der Waals surface area contributed by atoms with Crippen LogP contribution in [0.15, 0.2) is 42.9 Å². The van der Waals surface area contributed by atoms with Crippen molar-refractivity contribution in [2.45, 2.75) is 94.5 Å². The molecule has 0 spiro atoms. The van der Waals surface area contributed by atoms with Crippen LogP contribution in [0.3, 0.4) is 0 Å². The molecular formula is C28H41N5O4. The van der Waals surface area contributed by atoms with Gasteiger partial charge in [0, 0.05) is 12.6 Å². The van der Waals surface area contributed by atoms with Crippen molar-refractivity contribution in [3.8, 4) is 0 Å². The third-order valence-corrected chi connectivity index (χ3v) is 7.74. The van der Waals surface area contributed by atoms with E-state index >= 15 is 0 Å². The number of aliphatic hydroxyl groups excluding tert-OH is 2. The maximum absolute atomic E-state index is 13.6. The van der Waals surface area contributed by atoms with E-state index in [-0.39, 0.29) is 12.3 Å². The number of aromatic amines is 1. The first-order chi connectivity index (χ1) is 17.9. The van der Waals surface area contributed by atoms with Crippen molar-refractivity contribution in [3.63, 3.8) is 0 Å². The van der Waals surface area contributed by atoms with Crippen molar-refractivity contribution < 1.29 is 19.8 Å². The molecule has 202 valence electrons. The molecule has 2 aromatic rings. The molecule has 2 aliphatic carbocycles. The van der Waals surface area contributed by atoms with E-state index in [0.29, 0.717) is 24.5 Å². The predicted octanol–water partition coefficient (Wildman–Crippen LogP) is 1.59. The van der Waals surface area contributed by atoms with E-state index in [1.165, 1.54) is 12.7 Å². The lowest BCUT2D eigenvalue weighted by Gasteiger charge is -2.33.